The van der Waals surface area contributed by atoms with E-state index in [2.05, 4.69) is 107 Å². The van der Waals surface area contributed by atoms with Crippen LogP contribution in [-0.2, 0) is 0 Å². The topological polar surface area (TPSA) is 17.1 Å². The summed E-state index contributed by atoms with van der Waals surface area (Å²) < 4.78 is 0.960. The van der Waals surface area contributed by atoms with E-state index in [-0.39, 0.29) is 5.78 Å². The molecular formula is C33H21BrO. The fourth-order valence-electron chi connectivity index (χ4n) is 4.91. The van der Waals surface area contributed by atoms with Gasteiger partial charge < -0.3 is 0 Å². The molecule has 0 radical (unpaired) electrons. The normalized spacial score (nSPS) is 11.1. The number of fused-ring (bicyclic) bond motifs is 2. The Morgan fingerprint density at radius 3 is 1.26 bits per heavy atom. The summed E-state index contributed by atoms with van der Waals surface area (Å²) in [4.78, 5) is 13.0. The molecule has 35 heavy (non-hydrogen) atoms. The van der Waals surface area contributed by atoms with Gasteiger partial charge in [0.2, 0.25) is 0 Å². The zero-order valence-electron chi connectivity index (χ0n) is 18.9. The summed E-state index contributed by atoms with van der Waals surface area (Å²) >= 11 is 3.43. The first kappa shape index (κ1) is 21.5. The SMILES string of the molecule is O=C(c1ccc(Br)cc1)c1ccc(-c2c3ccccc3c(-c3ccccc3)c3ccccc23)cc1. The molecule has 2 heteroatoms. The molecule has 0 spiro atoms. The average molecular weight is 513 g/mol. The summed E-state index contributed by atoms with van der Waals surface area (Å²) in [5.74, 6) is 0.0261. The van der Waals surface area contributed by atoms with Gasteiger partial charge in [-0.05, 0) is 68.1 Å². The third kappa shape index (κ3) is 3.86. The summed E-state index contributed by atoms with van der Waals surface area (Å²) in [6.45, 7) is 0. The van der Waals surface area contributed by atoms with E-state index in [0.717, 1.165) is 10.0 Å². The van der Waals surface area contributed by atoms with Crippen molar-refractivity contribution in [1.82, 2.24) is 0 Å². The standard InChI is InChI=1S/C33H21BrO/c34-26-20-18-25(19-21-26)33(35)24-16-14-23(15-17-24)32-29-12-6-4-10-27(29)31(22-8-2-1-3-9-22)28-11-5-7-13-30(28)32/h1-21H. The number of ketones is 1. The van der Waals surface area contributed by atoms with Crippen molar-refractivity contribution >= 4 is 43.3 Å². The Bertz CT molecular complexity index is 1630. The van der Waals surface area contributed by atoms with Gasteiger partial charge in [-0.1, -0.05) is 119 Å². The predicted octanol–water partition coefficient (Wildman–Crippen LogP) is 9.32. The molecule has 0 aromatic heterocycles. The Labute approximate surface area is 212 Å². The molecule has 166 valence electrons. The lowest BCUT2D eigenvalue weighted by Crippen LogP contribution is -2.00. The van der Waals surface area contributed by atoms with Gasteiger partial charge in [0.05, 0.1) is 0 Å². The molecule has 0 bridgehead atoms. The van der Waals surface area contributed by atoms with Crippen molar-refractivity contribution in [1.29, 1.82) is 0 Å². The van der Waals surface area contributed by atoms with Gasteiger partial charge in [-0.2, -0.15) is 0 Å². The number of hydrogen-bond acceptors (Lipinski definition) is 1. The van der Waals surface area contributed by atoms with Crippen LogP contribution in [0, 0.1) is 0 Å². The maximum absolute atomic E-state index is 13.0. The molecule has 0 amide bonds. The predicted molar refractivity (Wildman–Crippen MR) is 150 cm³/mol. The van der Waals surface area contributed by atoms with Crippen LogP contribution in [0.3, 0.4) is 0 Å². The Balaban J connectivity index is 1.55. The second-order valence-corrected chi connectivity index (χ2v) is 9.54. The molecule has 0 atom stereocenters. The van der Waals surface area contributed by atoms with Gasteiger partial charge in [0, 0.05) is 15.6 Å². The molecule has 0 N–H and O–H groups in total. The van der Waals surface area contributed by atoms with Crippen LogP contribution in [-0.4, -0.2) is 5.78 Å². The van der Waals surface area contributed by atoms with E-state index in [4.69, 9.17) is 0 Å². The van der Waals surface area contributed by atoms with Gasteiger partial charge in [-0.3, -0.25) is 4.79 Å². The monoisotopic (exact) mass is 512 g/mol. The van der Waals surface area contributed by atoms with Crippen molar-refractivity contribution in [3.05, 3.63) is 143 Å². The van der Waals surface area contributed by atoms with E-state index < -0.39 is 0 Å². The Kier molecular flexibility index (Phi) is 5.52. The summed E-state index contributed by atoms with van der Waals surface area (Å²) in [6, 6.07) is 43.3. The second kappa shape index (κ2) is 8.98. The van der Waals surface area contributed by atoms with Gasteiger partial charge >= 0.3 is 0 Å². The Hall–Kier alpha value is -4.01. The zero-order valence-corrected chi connectivity index (χ0v) is 20.5. The highest BCUT2D eigenvalue weighted by molar-refractivity contribution is 9.10. The molecule has 6 rings (SSSR count). The summed E-state index contributed by atoms with van der Waals surface area (Å²) in [5, 5.41) is 4.86. The van der Waals surface area contributed by atoms with Crippen molar-refractivity contribution < 1.29 is 4.79 Å². The molecule has 0 saturated heterocycles. The van der Waals surface area contributed by atoms with Crippen LogP contribution in [0.4, 0.5) is 0 Å². The van der Waals surface area contributed by atoms with Crippen LogP contribution in [0.5, 0.6) is 0 Å². The number of hydrogen-bond donors (Lipinski definition) is 0. The number of carbonyl (C=O) groups excluding carboxylic acids is 1. The van der Waals surface area contributed by atoms with Gasteiger partial charge in [-0.25, -0.2) is 0 Å². The van der Waals surface area contributed by atoms with Crippen LogP contribution in [0.15, 0.2) is 132 Å². The Morgan fingerprint density at radius 2 is 0.800 bits per heavy atom. The van der Waals surface area contributed by atoms with Gasteiger partial charge in [0.15, 0.2) is 5.78 Å². The highest BCUT2D eigenvalue weighted by atomic mass is 79.9. The zero-order chi connectivity index (χ0) is 23.8. The van der Waals surface area contributed by atoms with Gasteiger partial charge in [-0.15, -0.1) is 0 Å². The number of carbonyl (C=O) groups is 1. The molecule has 0 saturated carbocycles. The highest BCUT2D eigenvalue weighted by Crippen LogP contribution is 2.43. The number of rotatable bonds is 4. The molecule has 6 aromatic carbocycles. The molecule has 0 aliphatic heterocycles. The minimum Gasteiger partial charge on any atom is -0.289 e. The van der Waals surface area contributed by atoms with E-state index in [1.165, 1.54) is 38.2 Å². The Morgan fingerprint density at radius 1 is 0.429 bits per heavy atom. The summed E-state index contributed by atoms with van der Waals surface area (Å²) in [5.41, 5.74) is 6.13. The van der Waals surface area contributed by atoms with Crippen molar-refractivity contribution in [2.75, 3.05) is 0 Å². The van der Waals surface area contributed by atoms with Gasteiger partial charge in [0.1, 0.15) is 0 Å². The lowest BCUT2D eigenvalue weighted by Gasteiger charge is -2.17. The third-order valence-corrected chi connectivity index (χ3v) is 7.06. The lowest BCUT2D eigenvalue weighted by molar-refractivity contribution is 0.103. The lowest BCUT2D eigenvalue weighted by atomic mass is 9.86. The smallest absolute Gasteiger partial charge is 0.193 e. The maximum atomic E-state index is 13.0. The van der Waals surface area contributed by atoms with Crippen molar-refractivity contribution in [3.63, 3.8) is 0 Å². The molecule has 0 heterocycles. The van der Waals surface area contributed by atoms with Crippen molar-refractivity contribution in [3.8, 4) is 22.3 Å². The first-order chi connectivity index (χ1) is 17.2. The summed E-state index contributed by atoms with van der Waals surface area (Å²) in [6.07, 6.45) is 0. The molecule has 6 aromatic rings. The molecule has 1 nitrogen and oxygen atoms in total. The quantitative estimate of drug-likeness (QED) is 0.170. The van der Waals surface area contributed by atoms with E-state index in [9.17, 15) is 4.79 Å². The fourth-order valence-corrected chi connectivity index (χ4v) is 5.18. The van der Waals surface area contributed by atoms with Crippen LogP contribution in [0.1, 0.15) is 15.9 Å². The van der Waals surface area contributed by atoms with E-state index in [1.807, 2.05) is 36.4 Å². The number of benzene rings is 6. The van der Waals surface area contributed by atoms with Crippen molar-refractivity contribution in [2.45, 2.75) is 0 Å². The van der Waals surface area contributed by atoms with Crippen LogP contribution < -0.4 is 0 Å². The molecular weight excluding hydrogens is 492 g/mol. The first-order valence-electron chi connectivity index (χ1n) is 11.6. The van der Waals surface area contributed by atoms with E-state index in [0.29, 0.717) is 11.1 Å². The van der Waals surface area contributed by atoms with Gasteiger partial charge in [0.25, 0.3) is 0 Å². The largest absolute Gasteiger partial charge is 0.289 e. The second-order valence-electron chi connectivity index (χ2n) is 8.62. The van der Waals surface area contributed by atoms with E-state index in [1.54, 1.807) is 0 Å². The number of halogens is 1. The molecule has 0 aliphatic carbocycles. The van der Waals surface area contributed by atoms with Crippen LogP contribution >= 0.6 is 15.9 Å². The molecule has 0 aliphatic rings. The molecule has 0 fully saturated rings. The van der Waals surface area contributed by atoms with Crippen molar-refractivity contribution in [2.24, 2.45) is 0 Å². The van der Waals surface area contributed by atoms with Crippen LogP contribution in [0.25, 0.3) is 43.8 Å². The minimum absolute atomic E-state index is 0.0261. The third-order valence-electron chi connectivity index (χ3n) is 6.54. The first-order valence-corrected chi connectivity index (χ1v) is 12.4. The minimum atomic E-state index is 0.0261. The fraction of sp³-hybridized carbons (Fsp3) is 0. The maximum Gasteiger partial charge on any atom is 0.193 e. The highest BCUT2D eigenvalue weighted by Gasteiger charge is 2.17. The molecule has 0 unspecified atom stereocenters. The summed E-state index contributed by atoms with van der Waals surface area (Å²) in [7, 11) is 0. The van der Waals surface area contributed by atoms with Crippen LogP contribution in [0.2, 0.25) is 0 Å². The average Bonchev–Trinajstić information content (AvgIpc) is 2.92. The van der Waals surface area contributed by atoms with E-state index >= 15 is 0 Å².